The van der Waals surface area contributed by atoms with E-state index in [0.29, 0.717) is 18.9 Å². The topological polar surface area (TPSA) is 73.0 Å². The van der Waals surface area contributed by atoms with Crippen molar-refractivity contribution in [2.75, 3.05) is 26.7 Å². The Morgan fingerprint density at radius 1 is 1.63 bits per heavy atom. The van der Waals surface area contributed by atoms with E-state index >= 15 is 0 Å². The van der Waals surface area contributed by atoms with Crippen molar-refractivity contribution in [1.82, 2.24) is 25.5 Å². The first kappa shape index (κ1) is 12.6. The molecule has 1 aromatic rings. The molecule has 1 fully saturated rings. The number of fused-ring (bicyclic) bond motifs is 1. The molecule has 3 heterocycles. The molecular formula is C13H21N5O. The Hall–Kier alpha value is -1.40. The lowest BCUT2D eigenvalue weighted by Gasteiger charge is -2.23. The Balaban J connectivity index is 1.49. The zero-order chi connectivity index (χ0) is 13.2. The highest BCUT2D eigenvalue weighted by Crippen LogP contribution is 2.14. The molecule has 3 N–H and O–H groups in total. The van der Waals surface area contributed by atoms with Crippen LogP contribution >= 0.6 is 0 Å². The van der Waals surface area contributed by atoms with Crippen molar-refractivity contribution in [2.45, 2.75) is 25.4 Å². The number of likely N-dealkylation sites (tertiary alicyclic amines) is 1. The predicted octanol–water partition coefficient (Wildman–Crippen LogP) is -0.508. The van der Waals surface area contributed by atoms with Crippen LogP contribution in [0.4, 0.5) is 0 Å². The average molecular weight is 263 g/mol. The third kappa shape index (κ3) is 2.79. The van der Waals surface area contributed by atoms with Crippen molar-refractivity contribution in [3.05, 3.63) is 17.7 Å². The molecule has 6 heteroatoms. The summed E-state index contributed by atoms with van der Waals surface area (Å²) in [6, 6.07) is -0.144. The van der Waals surface area contributed by atoms with E-state index in [1.165, 1.54) is 6.42 Å². The van der Waals surface area contributed by atoms with Gasteiger partial charge in [0, 0.05) is 26.1 Å². The van der Waals surface area contributed by atoms with Crippen molar-refractivity contribution < 1.29 is 4.79 Å². The fourth-order valence-electron chi connectivity index (χ4n) is 2.92. The van der Waals surface area contributed by atoms with Crippen LogP contribution in [0.25, 0.3) is 0 Å². The maximum Gasteiger partial charge on any atom is 0.237 e. The number of H-pyrrole nitrogens is 1. The normalized spacial score (nSPS) is 27.2. The number of nitrogens with one attached hydrogen (secondary N) is 3. The first-order valence-corrected chi connectivity index (χ1v) is 6.93. The SMILES string of the molecule is CN1CCC(CNC(=O)C2Cc3nc[nH]c3CN2)C1. The second-order valence-corrected chi connectivity index (χ2v) is 5.63. The summed E-state index contributed by atoms with van der Waals surface area (Å²) in [7, 11) is 2.13. The molecule has 0 spiro atoms. The Labute approximate surface area is 113 Å². The minimum absolute atomic E-state index is 0.100. The van der Waals surface area contributed by atoms with Gasteiger partial charge >= 0.3 is 0 Å². The van der Waals surface area contributed by atoms with Crippen LogP contribution in [0.5, 0.6) is 0 Å². The molecule has 2 aliphatic heterocycles. The summed E-state index contributed by atoms with van der Waals surface area (Å²) in [5.41, 5.74) is 2.11. The minimum Gasteiger partial charge on any atom is -0.354 e. The van der Waals surface area contributed by atoms with Crippen LogP contribution in [0.15, 0.2) is 6.33 Å². The molecule has 2 unspecified atom stereocenters. The molecule has 19 heavy (non-hydrogen) atoms. The van der Waals surface area contributed by atoms with Crippen LogP contribution in [0.2, 0.25) is 0 Å². The summed E-state index contributed by atoms with van der Waals surface area (Å²) in [5.74, 6) is 0.696. The van der Waals surface area contributed by atoms with E-state index in [2.05, 4.69) is 32.5 Å². The molecule has 1 amide bonds. The van der Waals surface area contributed by atoms with Crippen LogP contribution < -0.4 is 10.6 Å². The highest BCUT2D eigenvalue weighted by Gasteiger charge is 2.27. The lowest BCUT2D eigenvalue weighted by Crippen LogP contribution is -2.48. The molecule has 2 atom stereocenters. The molecular weight excluding hydrogens is 242 g/mol. The lowest BCUT2D eigenvalue weighted by molar-refractivity contribution is -0.123. The van der Waals surface area contributed by atoms with Gasteiger partial charge < -0.3 is 15.2 Å². The number of carbonyl (C=O) groups is 1. The summed E-state index contributed by atoms with van der Waals surface area (Å²) in [6.45, 7) is 3.70. The van der Waals surface area contributed by atoms with Gasteiger partial charge in [-0.3, -0.25) is 10.1 Å². The average Bonchev–Trinajstić information content (AvgIpc) is 3.03. The van der Waals surface area contributed by atoms with Gasteiger partial charge in [0.15, 0.2) is 0 Å². The highest BCUT2D eigenvalue weighted by atomic mass is 16.2. The van der Waals surface area contributed by atoms with Crippen LogP contribution in [-0.2, 0) is 17.8 Å². The van der Waals surface area contributed by atoms with E-state index in [-0.39, 0.29) is 11.9 Å². The molecule has 0 bridgehead atoms. The summed E-state index contributed by atoms with van der Waals surface area (Å²) in [4.78, 5) is 21.8. The number of aromatic amines is 1. The maximum atomic E-state index is 12.1. The van der Waals surface area contributed by atoms with E-state index in [0.717, 1.165) is 31.0 Å². The van der Waals surface area contributed by atoms with Gasteiger partial charge in [0.2, 0.25) is 5.91 Å². The second kappa shape index (κ2) is 5.30. The largest absolute Gasteiger partial charge is 0.354 e. The molecule has 0 aromatic carbocycles. The van der Waals surface area contributed by atoms with E-state index in [4.69, 9.17) is 0 Å². The number of nitrogens with zero attached hydrogens (tertiary/aromatic N) is 2. The number of amides is 1. The molecule has 3 rings (SSSR count). The van der Waals surface area contributed by atoms with E-state index < -0.39 is 0 Å². The van der Waals surface area contributed by atoms with Crippen molar-refractivity contribution in [1.29, 1.82) is 0 Å². The number of rotatable bonds is 3. The molecule has 1 saturated heterocycles. The van der Waals surface area contributed by atoms with E-state index in [1.807, 2.05) is 0 Å². The van der Waals surface area contributed by atoms with Crippen molar-refractivity contribution in [3.8, 4) is 0 Å². The zero-order valence-electron chi connectivity index (χ0n) is 11.3. The second-order valence-electron chi connectivity index (χ2n) is 5.63. The first-order chi connectivity index (χ1) is 9.22. The zero-order valence-corrected chi connectivity index (χ0v) is 11.3. The van der Waals surface area contributed by atoms with Crippen LogP contribution in [0.3, 0.4) is 0 Å². The van der Waals surface area contributed by atoms with Gasteiger partial charge in [-0.15, -0.1) is 0 Å². The van der Waals surface area contributed by atoms with Crippen molar-refractivity contribution in [2.24, 2.45) is 5.92 Å². The van der Waals surface area contributed by atoms with Gasteiger partial charge in [0.1, 0.15) is 0 Å². The number of carbonyl (C=O) groups excluding carboxylic acids is 1. The number of hydrogen-bond donors (Lipinski definition) is 3. The van der Waals surface area contributed by atoms with Crippen molar-refractivity contribution in [3.63, 3.8) is 0 Å². The minimum atomic E-state index is -0.144. The standard InChI is InChI=1S/C13H21N5O/c1-18-3-2-9(7-18)5-15-13(19)11-4-10-12(6-14-11)17-8-16-10/h8-9,11,14H,2-7H2,1H3,(H,15,19)(H,16,17). The van der Waals surface area contributed by atoms with Crippen molar-refractivity contribution >= 4 is 5.91 Å². The highest BCUT2D eigenvalue weighted by molar-refractivity contribution is 5.82. The Morgan fingerprint density at radius 3 is 3.32 bits per heavy atom. The maximum absolute atomic E-state index is 12.1. The fraction of sp³-hybridized carbons (Fsp3) is 0.692. The van der Waals surface area contributed by atoms with Crippen LogP contribution in [-0.4, -0.2) is 53.5 Å². The Bertz CT molecular complexity index is 458. The third-order valence-electron chi connectivity index (χ3n) is 4.10. The molecule has 1 aromatic heterocycles. The van der Waals surface area contributed by atoms with Gasteiger partial charge in [-0.25, -0.2) is 4.98 Å². The Morgan fingerprint density at radius 2 is 2.53 bits per heavy atom. The first-order valence-electron chi connectivity index (χ1n) is 6.93. The summed E-state index contributed by atoms with van der Waals surface area (Å²) < 4.78 is 0. The predicted molar refractivity (Wildman–Crippen MR) is 71.5 cm³/mol. The van der Waals surface area contributed by atoms with Gasteiger partial charge in [-0.05, 0) is 25.9 Å². The number of hydrogen-bond acceptors (Lipinski definition) is 4. The Kier molecular flexibility index (Phi) is 3.52. The molecule has 6 nitrogen and oxygen atoms in total. The quantitative estimate of drug-likeness (QED) is 0.687. The molecule has 0 radical (unpaired) electrons. The van der Waals surface area contributed by atoms with E-state index in [9.17, 15) is 4.79 Å². The molecule has 2 aliphatic rings. The van der Waals surface area contributed by atoms with Gasteiger partial charge in [0.25, 0.3) is 0 Å². The van der Waals surface area contributed by atoms with Gasteiger partial charge in [-0.2, -0.15) is 0 Å². The molecule has 0 saturated carbocycles. The molecule has 104 valence electrons. The van der Waals surface area contributed by atoms with Gasteiger partial charge in [0.05, 0.1) is 23.8 Å². The summed E-state index contributed by atoms with van der Waals surface area (Å²) >= 11 is 0. The fourth-order valence-corrected chi connectivity index (χ4v) is 2.92. The van der Waals surface area contributed by atoms with Crippen LogP contribution in [0, 0.1) is 5.92 Å². The number of imidazole rings is 1. The van der Waals surface area contributed by atoms with Gasteiger partial charge in [-0.1, -0.05) is 0 Å². The van der Waals surface area contributed by atoms with Crippen LogP contribution in [0.1, 0.15) is 17.8 Å². The summed E-state index contributed by atoms with van der Waals surface area (Å²) in [6.07, 6.45) is 3.55. The molecule has 0 aliphatic carbocycles. The lowest BCUT2D eigenvalue weighted by atomic mass is 10.0. The monoisotopic (exact) mass is 263 g/mol. The van der Waals surface area contributed by atoms with E-state index in [1.54, 1.807) is 6.33 Å². The summed E-state index contributed by atoms with van der Waals surface area (Å²) in [5, 5.41) is 6.32. The third-order valence-corrected chi connectivity index (χ3v) is 4.10. The number of aromatic nitrogens is 2. The smallest absolute Gasteiger partial charge is 0.237 e.